The van der Waals surface area contributed by atoms with Crippen molar-refractivity contribution >= 4 is 32.8 Å². The largest absolute Gasteiger partial charge is 3.00 e. The molecule has 238 valence electrons. The van der Waals surface area contributed by atoms with E-state index in [1.54, 1.807) is 6.20 Å². The van der Waals surface area contributed by atoms with Crippen LogP contribution in [-0.2, 0) is 20.1 Å². The molecule has 0 aliphatic heterocycles. The molecule has 0 saturated heterocycles. The van der Waals surface area contributed by atoms with Crippen molar-refractivity contribution in [3.05, 3.63) is 182 Å². The fourth-order valence-corrected chi connectivity index (χ4v) is 5.11. The van der Waals surface area contributed by atoms with E-state index in [9.17, 15) is 0 Å². The van der Waals surface area contributed by atoms with Gasteiger partial charge in [0.05, 0.1) is 22.1 Å². The molecule has 0 spiro atoms. The molecule has 1 N–H and O–H groups in total. The molecule has 0 fully saturated rings. The molecule has 0 aliphatic carbocycles. The summed E-state index contributed by atoms with van der Waals surface area (Å²) >= 11 is 0. The number of aromatic nitrogens is 5. The SMILES string of the molecule is [Cl-].[Ir+3].[c-]1ccccc1-c1ccc2ccccc2n1.[c-]1ccccc1-c1ccc2ccccc2n1.c1ccc(-c2nc3ccccc3[nH]2)nc1. The van der Waals surface area contributed by atoms with Gasteiger partial charge in [-0.1, -0.05) is 78.9 Å². The number of nitrogens with one attached hydrogen (secondary N) is 1. The number of benzene rings is 5. The summed E-state index contributed by atoms with van der Waals surface area (Å²) in [6.45, 7) is 0. The third-order valence-electron chi connectivity index (χ3n) is 7.46. The van der Waals surface area contributed by atoms with Crippen molar-refractivity contribution in [2.45, 2.75) is 0 Å². The van der Waals surface area contributed by atoms with Crippen LogP contribution in [0.4, 0.5) is 0 Å². The standard InChI is InChI=1S/2C15H10N.C12H9N3.ClH.Ir/c2*1-2-6-12(7-3-1)15-11-10-13-8-4-5-9-14(13)16-15;1-2-6-10-9(5-1)14-12(15-10)11-7-3-4-8-13-11;;/h2*1-6,8-11H;1-8H,(H,14,15);1H;/q2*-1;;;+3/p-1. The monoisotopic (exact) mass is 831 g/mol. The molecule has 0 aliphatic rings. The fourth-order valence-electron chi connectivity index (χ4n) is 5.11. The quantitative estimate of drug-likeness (QED) is 0.195. The number of nitrogens with zero attached hydrogens (tertiary/aromatic N) is 4. The Morgan fingerprint density at radius 2 is 0.939 bits per heavy atom. The van der Waals surface area contributed by atoms with Crippen LogP contribution in [0.15, 0.2) is 170 Å². The Labute approximate surface area is 304 Å². The van der Waals surface area contributed by atoms with Crippen LogP contribution in [-0.4, -0.2) is 24.9 Å². The summed E-state index contributed by atoms with van der Waals surface area (Å²) in [4.78, 5) is 21.2. The number of fused-ring (bicyclic) bond motifs is 3. The molecular weight excluding hydrogens is 802 g/mol. The number of halogens is 1. The Kier molecular flexibility index (Phi) is 12.1. The molecule has 4 aromatic heterocycles. The molecule has 49 heavy (non-hydrogen) atoms. The normalized spacial score (nSPS) is 10.1. The topological polar surface area (TPSA) is 67.3 Å². The van der Waals surface area contributed by atoms with Gasteiger partial charge in [-0.05, 0) is 58.6 Å². The minimum absolute atomic E-state index is 0. The van der Waals surface area contributed by atoms with E-state index in [-0.39, 0.29) is 32.5 Å². The zero-order valence-corrected chi connectivity index (χ0v) is 29.3. The third kappa shape index (κ3) is 8.69. The van der Waals surface area contributed by atoms with Gasteiger partial charge < -0.3 is 17.4 Å². The van der Waals surface area contributed by atoms with Crippen LogP contribution in [0.3, 0.4) is 0 Å². The zero-order valence-electron chi connectivity index (χ0n) is 26.2. The predicted octanol–water partition coefficient (Wildman–Crippen LogP) is 7.03. The first kappa shape index (κ1) is 34.8. The molecule has 5 nitrogen and oxygen atoms in total. The van der Waals surface area contributed by atoms with E-state index >= 15 is 0 Å². The van der Waals surface area contributed by atoms with Gasteiger partial charge in [-0.2, -0.15) is 0 Å². The maximum atomic E-state index is 4.61. The molecule has 0 amide bonds. The summed E-state index contributed by atoms with van der Waals surface area (Å²) in [5, 5.41) is 2.34. The van der Waals surface area contributed by atoms with E-state index in [1.807, 2.05) is 140 Å². The zero-order chi connectivity index (χ0) is 31.7. The van der Waals surface area contributed by atoms with Gasteiger partial charge in [0, 0.05) is 6.20 Å². The summed E-state index contributed by atoms with van der Waals surface area (Å²) in [5.74, 6) is 0.816. The molecule has 0 bridgehead atoms. The molecule has 5 aromatic carbocycles. The number of hydrogen-bond donors (Lipinski definition) is 1. The van der Waals surface area contributed by atoms with Crippen molar-refractivity contribution in [2.75, 3.05) is 0 Å². The number of para-hydroxylation sites is 4. The van der Waals surface area contributed by atoms with E-state index in [0.717, 1.165) is 56.1 Å². The maximum absolute atomic E-state index is 4.61. The van der Waals surface area contributed by atoms with E-state index in [2.05, 4.69) is 61.3 Å². The molecule has 7 heteroatoms. The van der Waals surface area contributed by atoms with Crippen LogP contribution >= 0.6 is 0 Å². The van der Waals surface area contributed by atoms with Gasteiger partial charge in [0.15, 0.2) is 5.82 Å². The van der Waals surface area contributed by atoms with Gasteiger partial charge in [0.1, 0.15) is 5.69 Å². The van der Waals surface area contributed by atoms with Crippen molar-refractivity contribution in [3.63, 3.8) is 0 Å². The van der Waals surface area contributed by atoms with Crippen molar-refractivity contribution in [3.8, 4) is 34.0 Å². The number of hydrogen-bond acceptors (Lipinski definition) is 4. The maximum Gasteiger partial charge on any atom is 3.00 e. The van der Waals surface area contributed by atoms with Crippen LogP contribution in [0.1, 0.15) is 0 Å². The third-order valence-corrected chi connectivity index (χ3v) is 7.46. The molecule has 0 atom stereocenters. The summed E-state index contributed by atoms with van der Waals surface area (Å²) in [6.07, 6.45) is 1.77. The molecule has 0 radical (unpaired) electrons. The van der Waals surface area contributed by atoms with E-state index < -0.39 is 0 Å². The van der Waals surface area contributed by atoms with Crippen molar-refractivity contribution < 1.29 is 32.5 Å². The second kappa shape index (κ2) is 17.0. The van der Waals surface area contributed by atoms with E-state index in [1.165, 1.54) is 10.8 Å². The van der Waals surface area contributed by atoms with Crippen molar-refractivity contribution in [1.29, 1.82) is 0 Å². The number of aromatic amines is 1. The van der Waals surface area contributed by atoms with E-state index in [0.29, 0.717) is 0 Å². The van der Waals surface area contributed by atoms with Gasteiger partial charge in [0.25, 0.3) is 0 Å². The van der Waals surface area contributed by atoms with Crippen LogP contribution < -0.4 is 12.4 Å². The van der Waals surface area contributed by atoms with Crippen LogP contribution in [0.25, 0.3) is 66.9 Å². The average molecular weight is 831 g/mol. The fraction of sp³-hybridized carbons (Fsp3) is 0. The van der Waals surface area contributed by atoms with Crippen LogP contribution in [0.5, 0.6) is 0 Å². The van der Waals surface area contributed by atoms with Gasteiger partial charge in [-0.25, -0.2) is 4.98 Å². The van der Waals surface area contributed by atoms with Gasteiger partial charge >= 0.3 is 20.1 Å². The summed E-state index contributed by atoms with van der Waals surface area (Å²) < 4.78 is 0. The smallest absolute Gasteiger partial charge is 1.00 e. The average Bonchev–Trinajstić information content (AvgIpc) is 3.61. The minimum Gasteiger partial charge on any atom is -1.00 e. The minimum atomic E-state index is 0. The van der Waals surface area contributed by atoms with Gasteiger partial charge in [0.2, 0.25) is 0 Å². The molecule has 9 rings (SSSR count). The Hall–Kier alpha value is -5.52. The Balaban J connectivity index is 0.000000141. The molecule has 4 heterocycles. The Morgan fingerprint density at radius 3 is 1.45 bits per heavy atom. The molecular formula is C42H29ClIrN5. The Bertz CT molecular complexity index is 2220. The van der Waals surface area contributed by atoms with Crippen LogP contribution in [0.2, 0.25) is 0 Å². The number of pyridine rings is 3. The number of rotatable bonds is 3. The second-order valence-electron chi connectivity index (χ2n) is 10.6. The Morgan fingerprint density at radius 1 is 0.429 bits per heavy atom. The summed E-state index contributed by atoms with van der Waals surface area (Å²) in [6, 6.07) is 60.5. The van der Waals surface area contributed by atoms with Crippen molar-refractivity contribution in [1.82, 2.24) is 24.9 Å². The molecule has 0 saturated carbocycles. The molecule has 0 unspecified atom stereocenters. The van der Waals surface area contributed by atoms with Gasteiger partial charge in [-0.15, -0.1) is 71.8 Å². The van der Waals surface area contributed by atoms with Crippen LogP contribution in [0, 0.1) is 12.1 Å². The predicted molar refractivity (Wildman–Crippen MR) is 191 cm³/mol. The van der Waals surface area contributed by atoms with E-state index in [4.69, 9.17) is 0 Å². The first-order valence-electron chi connectivity index (χ1n) is 15.3. The summed E-state index contributed by atoms with van der Waals surface area (Å²) in [7, 11) is 0. The van der Waals surface area contributed by atoms with Crippen molar-refractivity contribution in [2.24, 2.45) is 0 Å². The second-order valence-corrected chi connectivity index (χ2v) is 10.6. The number of imidazole rings is 1. The summed E-state index contributed by atoms with van der Waals surface area (Å²) in [5.41, 5.74) is 8.94. The first-order chi connectivity index (χ1) is 23.3. The molecule has 9 aromatic rings. The van der Waals surface area contributed by atoms with Gasteiger partial charge in [-0.3, -0.25) is 15.0 Å². The first-order valence-corrected chi connectivity index (χ1v) is 15.3. The number of H-pyrrole nitrogens is 1.